The van der Waals surface area contributed by atoms with E-state index in [1.54, 1.807) is 12.3 Å². The molecule has 1 aromatic carbocycles. The largest absolute Gasteiger partial charge is 0.396 e. The fraction of sp³-hybridized carbons (Fsp3) is 0.455. The van der Waals surface area contributed by atoms with E-state index in [1.165, 1.54) is 16.9 Å². The number of nitrogens with one attached hydrogen (secondary N) is 2. The first-order valence-corrected chi connectivity index (χ1v) is 11.5. The van der Waals surface area contributed by atoms with E-state index in [1.807, 2.05) is 13.0 Å². The molecule has 7 nitrogen and oxygen atoms in total. The third-order valence-corrected chi connectivity index (χ3v) is 7.33. The van der Waals surface area contributed by atoms with Crippen molar-refractivity contribution in [3.05, 3.63) is 45.8 Å². The number of aromatic nitrogens is 2. The van der Waals surface area contributed by atoms with Gasteiger partial charge in [-0.2, -0.15) is 0 Å². The Morgan fingerprint density at radius 1 is 1.32 bits per heavy atom. The number of nitrogens with zero attached hydrogens (tertiary/aromatic N) is 3. The van der Waals surface area contributed by atoms with Gasteiger partial charge in [-0.1, -0.05) is 0 Å². The maximum Gasteiger partial charge on any atom is 0.146 e. The highest BCUT2D eigenvalue weighted by Gasteiger charge is 2.26. The molecule has 2 aliphatic rings. The van der Waals surface area contributed by atoms with Gasteiger partial charge in [0.25, 0.3) is 0 Å². The van der Waals surface area contributed by atoms with Gasteiger partial charge in [0, 0.05) is 38.4 Å². The molecular weight excluding hydrogens is 415 g/mol. The number of halogens is 1. The van der Waals surface area contributed by atoms with E-state index in [-0.39, 0.29) is 11.9 Å². The van der Waals surface area contributed by atoms with Crippen LogP contribution >= 0.6 is 11.3 Å². The van der Waals surface area contributed by atoms with Crippen molar-refractivity contribution in [2.75, 3.05) is 36.8 Å². The summed E-state index contributed by atoms with van der Waals surface area (Å²) in [5, 5.41) is 17.4. The number of anilines is 2. The minimum absolute atomic E-state index is 0.0409. The topological polar surface area (TPSA) is 99.3 Å². The van der Waals surface area contributed by atoms with Gasteiger partial charge in [0.15, 0.2) is 0 Å². The minimum atomic E-state index is -0.905. The summed E-state index contributed by atoms with van der Waals surface area (Å²) < 4.78 is 14.9. The normalized spacial score (nSPS) is 20.1. The molecule has 0 spiro atoms. The van der Waals surface area contributed by atoms with Gasteiger partial charge < -0.3 is 21.1 Å². The van der Waals surface area contributed by atoms with Crippen LogP contribution in [0.1, 0.15) is 34.3 Å². The fourth-order valence-electron chi connectivity index (χ4n) is 4.55. The summed E-state index contributed by atoms with van der Waals surface area (Å²) in [6, 6.07) is 3.74. The highest BCUT2D eigenvalue weighted by atomic mass is 32.1. The Bertz CT molecular complexity index is 1110. The third kappa shape index (κ3) is 3.98. The van der Waals surface area contributed by atoms with Crippen molar-refractivity contribution in [2.24, 2.45) is 0 Å². The van der Waals surface area contributed by atoms with Crippen LogP contribution in [0.5, 0.6) is 0 Å². The van der Waals surface area contributed by atoms with Gasteiger partial charge in [-0.15, -0.1) is 11.3 Å². The number of nitrogens with two attached hydrogens (primary N) is 1. The van der Waals surface area contributed by atoms with E-state index in [4.69, 9.17) is 5.73 Å². The maximum absolute atomic E-state index is 14.9. The van der Waals surface area contributed by atoms with Crippen LogP contribution in [-0.2, 0) is 12.8 Å². The van der Waals surface area contributed by atoms with Crippen LogP contribution in [0.15, 0.2) is 18.3 Å². The molecule has 0 radical (unpaired) electrons. The maximum atomic E-state index is 14.9. The van der Waals surface area contributed by atoms with Gasteiger partial charge in [-0.25, -0.2) is 14.4 Å². The zero-order valence-electron chi connectivity index (χ0n) is 17.5. The zero-order chi connectivity index (χ0) is 21.5. The Hall–Kier alpha value is -2.33. The predicted octanol–water partition coefficient (Wildman–Crippen LogP) is 2.27. The van der Waals surface area contributed by atoms with Crippen molar-refractivity contribution in [1.82, 2.24) is 20.6 Å². The second-order valence-electron chi connectivity index (χ2n) is 8.36. The number of nitrogen functional groups attached to an aromatic ring is 1. The van der Waals surface area contributed by atoms with Gasteiger partial charge in [-0.3, -0.25) is 5.32 Å². The number of hydrogen-bond donors (Lipinski definition) is 4. The van der Waals surface area contributed by atoms with Gasteiger partial charge in [0.05, 0.1) is 21.9 Å². The van der Waals surface area contributed by atoms with Crippen molar-refractivity contribution >= 4 is 33.1 Å². The highest BCUT2D eigenvalue weighted by molar-refractivity contribution is 7.19. The van der Waals surface area contributed by atoms with Crippen molar-refractivity contribution in [1.29, 1.82) is 0 Å². The van der Waals surface area contributed by atoms with Crippen LogP contribution in [-0.4, -0.2) is 47.3 Å². The van der Waals surface area contributed by atoms with Crippen LogP contribution < -0.4 is 21.3 Å². The lowest BCUT2D eigenvalue weighted by Crippen LogP contribution is -2.44. The van der Waals surface area contributed by atoms with Gasteiger partial charge in [0.1, 0.15) is 22.4 Å². The number of rotatable bonds is 4. The Labute approximate surface area is 184 Å². The standard InChI is InChI=1S/C22H27FN6OS/c1-12-11-26-19-18(24)20(31-22(19)27-12)21(30)28-15-3-2-13-10-17(16(23)9-14(13)8-15)29-6-4-25-5-7-29/h9-11,15,21,25,28,30H,2-8,24H2,1H3/t15-,21?/m1/s1. The molecule has 0 bridgehead atoms. The number of piperazine rings is 1. The second kappa shape index (κ2) is 8.31. The molecule has 3 aromatic rings. The smallest absolute Gasteiger partial charge is 0.146 e. The molecule has 5 N–H and O–H groups in total. The lowest BCUT2D eigenvalue weighted by molar-refractivity contribution is 0.124. The summed E-state index contributed by atoms with van der Waals surface area (Å²) in [5.41, 5.74) is 11.1. The Balaban J connectivity index is 1.32. The average Bonchev–Trinajstić information content (AvgIpc) is 3.09. The molecule has 1 saturated heterocycles. The van der Waals surface area contributed by atoms with Crippen molar-refractivity contribution < 1.29 is 9.50 Å². The molecule has 1 fully saturated rings. The van der Waals surface area contributed by atoms with E-state index >= 15 is 0 Å². The molecule has 2 aromatic heterocycles. The van der Waals surface area contributed by atoms with Gasteiger partial charge in [0.2, 0.25) is 0 Å². The fourth-order valence-corrected chi connectivity index (χ4v) is 5.59. The number of aryl methyl sites for hydroxylation is 2. The molecule has 0 saturated carbocycles. The molecule has 5 rings (SSSR count). The summed E-state index contributed by atoms with van der Waals surface area (Å²) in [5.74, 6) is -0.164. The number of thiophene rings is 1. The van der Waals surface area contributed by atoms with Crippen LogP contribution in [0.3, 0.4) is 0 Å². The van der Waals surface area contributed by atoms with E-state index in [9.17, 15) is 9.50 Å². The Morgan fingerprint density at radius 3 is 2.94 bits per heavy atom. The second-order valence-corrected chi connectivity index (χ2v) is 9.39. The van der Waals surface area contributed by atoms with Crippen molar-refractivity contribution in [2.45, 2.75) is 38.5 Å². The van der Waals surface area contributed by atoms with Crippen molar-refractivity contribution in [3.8, 4) is 0 Å². The van der Waals surface area contributed by atoms with E-state index < -0.39 is 6.23 Å². The van der Waals surface area contributed by atoms with Gasteiger partial charge >= 0.3 is 0 Å². The summed E-state index contributed by atoms with van der Waals surface area (Å²) in [7, 11) is 0. The Kier molecular flexibility index (Phi) is 5.51. The van der Waals surface area contributed by atoms with E-state index in [2.05, 4.69) is 25.5 Å². The molecule has 0 amide bonds. The first-order chi connectivity index (χ1) is 15.0. The summed E-state index contributed by atoms with van der Waals surface area (Å²) in [6.45, 7) is 5.29. The quantitative estimate of drug-likeness (QED) is 0.460. The average molecular weight is 443 g/mol. The Morgan fingerprint density at radius 2 is 2.13 bits per heavy atom. The van der Waals surface area contributed by atoms with E-state index in [0.717, 1.165) is 55.1 Å². The molecule has 2 atom stereocenters. The van der Waals surface area contributed by atoms with Gasteiger partial charge in [-0.05, 0) is 49.4 Å². The van der Waals surface area contributed by atoms with E-state index in [0.29, 0.717) is 28.2 Å². The molecule has 164 valence electrons. The molecule has 3 heterocycles. The number of aliphatic hydroxyl groups is 1. The van der Waals surface area contributed by atoms with Crippen LogP contribution in [0, 0.1) is 12.7 Å². The minimum Gasteiger partial charge on any atom is -0.396 e. The molecule has 1 aliphatic heterocycles. The molecule has 9 heteroatoms. The summed E-state index contributed by atoms with van der Waals surface area (Å²) >= 11 is 1.36. The highest BCUT2D eigenvalue weighted by Crippen LogP contribution is 2.36. The van der Waals surface area contributed by atoms with Crippen LogP contribution in [0.2, 0.25) is 0 Å². The molecule has 1 unspecified atom stereocenters. The number of aliphatic hydroxyl groups excluding tert-OH is 1. The number of fused-ring (bicyclic) bond motifs is 2. The summed E-state index contributed by atoms with van der Waals surface area (Å²) in [6.07, 6.45) is 3.17. The number of hydrogen-bond acceptors (Lipinski definition) is 8. The van der Waals surface area contributed by atoms with Crippen LogP contribution in [0.4, 0.5) is 15.8 Å². The first-order valence-electron chi connectivity index (χ1n) is 10.7. The lowest BCUT2D eigenvalue weighted by Gasteiger charge is -2.32. The van der Waals surface area contributed by atoms with Crippen LogP contribution in [0.25, 0.3) is 10.3 Å². The lowest BCUT2D eigenvalue weighted by atomic mass is 9.87. The SMILES string of the molecule is Cc1cnc2c(N)c(C(O)N[C@@H]3CCc4cc(N5CCNCC5)c(F)cc4C3)sc2n1. The third-order valence-electron chi connectivity index (χ3n) is 6.19. The molecular formula is C22H27FN6OS. The first kappa shape index (κ1) is 20.6. The zero-order valence-corrected chi connectivity index (χ0v) is 18.3. The van der Waals surface area contributed by atoms with Crippen molar-refractivity contribution in [3.63, 3.8) is 0 Å². The number of benzene rings is 1. The summed E-state index contributed by atoms with van der Waals surface area (Å²) in [4.78, 5) is 12.3. The molecule has 31 heavy (non-hydrogen) atoms. The monoisotopic (exact) mass is 442 g/mol. The predicted molar refractivity (Wildman–Crippen MR) is 122 cm³/mol. The molecule has 1 aliphatic carbocycles.